The van der Waals surface area contributed by atoms with Gasteiger partial charge in [0.2, 0.25) is 5.91 Å². The van der Waals surface area contributed by atoms with Gasteiger partial charge in [-0.3, -0.25) is 14.4 Å². The Kier molecular flexibility index (Phi) is 4.57. The molecule has 1 spiro atoms. The fraction of sp³-hybridized carbons (Fsp3) is 0.524. The monoisotopic (exact) mass is 352 g/mol. The molecule has 3 heterocycles. The van der Waals surface area contributed by atoms with Crippen molar-refractivity contribution < 1.29 is 4.79 Å². The summed E-state index contributed by atoms with van der Waals surface area (Å²) >= 11 is 0. The fourth-order valence-electron chi connectivity index (χ4n) is 4.58. The van der Waals surface area contributed by atoms with Gasteiger partial charge in [-0.05, 0) is 31.7 Å². The lowest BCUT2D eigenvalue weighted by atomic mass is 9.84. The highest BCUT2D eigenvalue weighted by molar-refractivity contribution is 5.79. The number of rotatable bonds is 4. The molecule has 2 aliphatic heterocycles. The maximum absolute atomic E-state index is 12.6. The molecule has 0 unspecified atom stereocenters. The molecule has 1 aromatic heterocycles. The van der Waals surface area contributed by atoms with Crippen LogP contribution >= 0.6 is 0 Å². The standard InChI is InChI=1S/C21H28N4O/c1-17-4-3-5-18(12-17)16-25-20(26)6-7-21(25)8-10-24(11-9-21)15-19-13-22-23(2)14-19/h3-5,12-14H,6-11,15-16H2,1-2H3. The molecule has 138 valence electrons. The number of piperidine rings is 1. The molecule has 2 aliphatic rings. The van der Waals surface area contributed by atoms with Crippen molar-refractivity contribution in [2.75, 3.05) is 13.1 Å². The molecule has 1 amide bonds. The van der Waals surface area contributed by atoms with Gasteiger partial charge < -0.3 is 4.90 Å². The zero-order chi connectivity index (χ0) is 18.1. The molecule has 2 aromatic rings. The molecule has 1 aromatic carbocycles. The van der Waals surface area contributed by atoms with Gasteiger partial charge >= 0.3 is 0 Å². The number of nitrogens with zero attached hydrogens (tertiary/aromatic N) is 4. The number of likely N-dealkylation sites (tertiary alicyclic amines) is 2. The number of hydrogen-bond acceptors (Lipinski definition) is 3. The number of aryl methyl sites for hydroxylation is 2. The number of hydrogen-bond donors (Lipinski definition) is 0. The number of benzene rings is 1. The minimum atomic E-state index is 0.0618. The smallest absolute Gasteiger partial charge is 0.223 e. The molecule has 2 fully saturated rings. The Labute approximate surface area is 155 Å². The minimum Gasteiger partial charge on any atom is -0.333 e. The van der Waals surface area contributed by atoms with Crippen molar-refractivity contribution in [1.82, 2.24) is 19.6 Å². The average molecular weight is 352 g/mol. The summed E-state index contributed by atoms with van der Waals surface area (Å²) in [5.74, 6) is 0.326. The molecule has 0 radical (unpaired) electrons. The van der Waals surface area contributed by atoms with Crippen LogP contribution in [0.1, 0.15) is 42.4 Å². The zero-order valence-corrected chi connectivity index (χ0v) is 15.8. The van der Waals surface area contributed by atoms with Gasteiger partial charge in [-0.25, -0.2) is 0 Å². The summed E-state index contributed by atoms with van der Waals surface area (Å²) in [6.07, 6.45) is 7.91. The van der Waals surface area contributed by atoms with E-state index in [2.05, 4.69) is 52.3 Å². The molecule has 0 aliphatic carbocycles. The predicted molar refractivity (Wildman–Crippen MR) is 101 cm³/mol. The lowest BCUT2D eigenvalue weighted by Crippen LogP contribution is -2.52. The third kappa shape index (κ3) is 3.40. The van der Waals surface area contributed by atoms with E-state index in [1.165, 1.54) is 16.7 Å². The molecule has 5 heteroatoms. The van der Waals surface area contributed by atoms with E-state index in [0.29, 0.717) is 12.3 Å². The van der Waals surface area contributed by atoms with E-state index >= 15 is 0 Å². The number of carbonyl (C=O) groups is 1. The second kappa shape index (κ2) is 6.88. The van der Waals surface area contributed by atoms with Crippen LogP contribution in [0.2, 0.25) is 0 Å². The Balaban J connectivity index is 1.43. The van der Waals surface area contributed by atoms with Gasteiger partial charge in [0, 0.05) is 56.9 Å². The van der Waals surface area contributed by atoms with E-state index in [4.69, 9.17) is 0 Å². The molecule has 0 N–H and O–H groups in total. The molecule has 2 saturated heterocycles. The van der Waals surface area contributed by atoms with Crippen molar-refractivity contribution in [1.29, 1.82) is 0 Å². The van der Waals surface area contributed by atoms with Crippen molar-refractivity contribution >= 4 is 5.91 Å². The van der Waals surface area contributed by atoms with Gasteiger partial charge in [-0.2, -0.15) is 5.10 Å². The molecule has 26 heavy (non-hydrogen) atoms. The lowest BCUT2D eigenvalue weighted by molar-refractivity contribution is -0.133. The molecular formula is C21H28N4O. The normalized spacial score (nSPS) is 20.2. The average Bonchev–Trinajstić information content (AvgIpc) is 3.16. The van der Waals surface area contributed by atoms with Crippen LogP contribution in [-0.2, 0) is 24.9 Å². The van der Waals surface area contributed by atoms with Gasteiger partial charge in [0.1, 0.15) is 0 Å². The van der Waals surface area contributed by atoms with E-state index in [-0.39, 0.29) is 5.54 Å². The first-order valence-corrected chi connectivity index (χ1v) is 9.60. The summed E-state index contributed by atoms with van der Waals surface area (Å²) in [5, 5.41) is 4.27. The Morgan fingerprint density at radius 2 is 1.92 bits per heavy atom. The number of amides is 1. The molecular weight excluding hydrogens is 324 g/mol. The first-order valence-electron chi connectivity index (χ1n) is 9.60. The molecule has 0 saturated carbocycles. The Hall–Kier alpha value is -2.14. The van der Waals surface area contributed by atoms with Gasteiger partial charge in [0.05, 0.1) is 6.20 Å². The van der Waals surface area contributed by atoms with Crippen LogP contribution in [0.5, 0.6) is 0 Å². The highest BCUT2D eigenvalue weighted by atomic mass is 16.2. The number of aromatic nitrogens is 2. The van der Waals surface area contributed by atoms with E-state index in [9.17, 15) is 4.79 Å². The third-order valence-electron chi connectivity index (χ3n) is 6.05. The maximum Gasteiger partial charge on any atom is 0.223 e. The zero-order valence-electron chi connectivity index (χ0n) is 15.8. The Morgan fingerprint density at radius 3 is 2.62 bits per heavy atom. The van der Waals surface area contributed by atoms with Gasteiger partial charge in [0.25, 0.3) is 0 Å². The van der Waals surface area contributed by atoms with Crippen LogP contribution in [0.25, 0.3) is 0 Å². The minimum absolute atomic E-state index is 0.0618. The van der Waals surface area contributed by atoms with Gasteiger partial charge in [-0.1, -0.05) is 29.8 Å². The summed E-state index contributed by atoms with van der Waals surface area (Å²) in [7, 11) is 1.96. The van der Waals surface area contributed by atoms with E-state index in [0.717, 1.165) is 45.4 Å². The quantitative estimate of drug-likeness (QED) is 0.850. The predicted octanol–water partition coefficient (Wildman–Crippen LogP) is 2.89. The topological polar surface area (TPSA) is 41.4 Å². The third-order valence-corrected chi connectivity index (χ3v) is 6.05. The second-order valence-corrected chi connectivity index (χ2v) is 7.99. The lowest BCUT2D eigenvalue weighted by Gasteiger charge is -2.45. The fourth-order valence-corrected chi connectivity index (χ4v) is 4.58. The van der Waals surface area contributed by atoms with Crippen LogP contribution < -0.4 is 0 Å². The van der Waals surface area contributed by atoms with Crippen LogP contribution in [0.4, 0.5) is 0 Å². The molecule has 5 nitrogen and oxygen atoms in total. The van der Waals surface area contributed by atoms with E-state index in [1.54, 1.807) is 0 Å². The summed E-state index contributed by atoms with van der Waals surface area (Å²) < 4.78 is 1.86. The summed E-state index contributed by atoms with van der Waals surface area (Å²) in [4.78, 5) is 17.3. The van der Waals surface area contributed by atoms with Crippen LogP contribution in [0.3, 0.4) is 0 Å². The molecule has 4 rings (SSSR count). The van der Waals surface area contributed by atoms with Crippen LogP contribution in [-0.4, -0.2) is 44.1 Å². The maximum atomic E-state index is 12.6. The van der Waals surface area contributed by atoms with Gasteiger partial charge in [-0.15, -0.1) is 0 Å². The highest BCUT2D eigenvalue weighted by Gasteiger charge is 2.46. The van der Waals surface area contributed by atoms with Crippen LogP contribution in [0.15, 0.2) is 36.7 Å². The van der Waals surface area contributed by atoms with Crippen molar-refractivity contribution in [3.8, 4) is 0 Å². The summed E-state index contributed by atoms with van der Waals surface area (Å²) in [6.45, 7) is 5.92. The Morgan fingerprint density at radius 1 is 1.12 bits per heavy atom. The van der Waals surface area contributed by atoms with E-state index < -0.39 is 0 Å². The first kappa shape index (κ1) is 17.3. The summed E-state index contributed by atoms with van der Waals surface area (Å²) in [6, 6.07) is 8.55. The molecule has 0 bridgehead atoms. The first-order chi connectivity index (χ1) is 12.5. The van der Waals surface area contributed by atoms with Crippen LogP contribution in [0, 0.1) is 6.92 Å². The number of carbonyl (C=O) groups excluding carboxylic acids is 1. The van der Waals surface area contributed by atoms with E-state index in [1.807, 2.05) is 17.9 Å². The van der Waals surface area contributed by atoms with Crippen molar-refractivity contribution in [2.24, 2.45) is 7.05 Å². The largest absolute Gasteiger partial charge is 0.333 e. The summed E-state index contributed by atoms with van der Waals surface area (Å²) in [5.41, 5.74) is 3.83. The van der Waals surface area contributed by atoms with Gasteiger partial charge in [0.15, 0.2) is 0 Å². The Bertz CT molecular complexity index is 789. The SMILES string of the molecule is Cc1cccc(CN2C(=O)CCC23CCN(Cc2cnn(C)c2)CC3)c1. The van der Waals surface area contributed by atoms with Crippen molar-refractivity contribution in [3.63, 3.8) is 0 Å². The second-order valence-electron chi connectivity index (χ2n) is 7.99. The molecule has 0 atom stereocenters. The van der Waals surface area contributed by atoms with Crippen molar-refractivity contribution in [2.45, 2.75) is 51.2 Å². The van der Waals surface area contributed by atoms with Crippen molar-refractivity contribution in [3.05, 3.63) is 53.3 Å². The highest BCUT2D eigenvalue weighted by Crippen LogP contribution is 2.40.